The molecule has 0 aliphatic rings. The SMILES string of the molecule is Cc1ccc([C@H](C)C(=O)N[C@H](C)C(N)=O)s1. The Hall–Kier alpha value is -1.36. The number of amides is 2. The molecule has 0 spiro atoms. The first-order valence-electron chi connectivity index (χ1n) is 5.08. The fraction of sp³-hybridized carbons (Fsp3) is 0.455. The monoisotopic (exact) mass is 240 g/mol. The van der Waals surface area contributed by atoms with E-state index in [4.69, 9.17) is 5.73 Å². The van der Waals surface area contributed by atoms with Gasteiger partial charge in [-0.05, 0) is 32.9 Å². The van der Waals surface area contributed by atoms with E-state index in [9.17, 15) is 9.59 Å². The van der Waals surface area contributed by atoms with Crippen LogP contribution in [0.3, 0.4) is 0 Å². The normalized spacial score (nSPS) is 14.2. The van der Waals surface area contributed by atoms with E-state index in [1.807, 2.05) is 26.0 Å². The van der Waals surface area contributed by atoms with Gasteiger partial charge in [-0.15, -0.1) is 11.3 Å². The summed E-state index contributed by atoms with van der Waals surface area (Å²) in [6, 6.07) is 3.27. The average Bonchev–Trinajstić information content (AvgIpc) is 2.63. The van der Waals surface area contributed by atoms with E-state index < -0.39 is 11.9 Å². The molecular weight excluding hydrogens is 224 g/mol. The molecule has 0 radical (unpaired) electrons. The van der Waals surface area contributed by atoms with Gasteiger partial charge in [0.2, 0.25) is 11.8 Å². The first kappa shape index (κ1) is 12.7. The molecule has 0 saturated carbocycles. The van der Waals surface area contributed by atoms with Crippen LogP contribution in [0.2, 0.25) is 0 Å². The lowest BCUT2D eigenvalue weighted by atomic mass is 10.1. The number of aryl methyl sites for hydroxylation is 1. The van der Waals surface area contributed by atoms with Gasteiger partial charge >= 0.3 is 0 Å². The predicted octanol–water partition coefficient (Wildman–Crippen LogP) is 1.15. The van der Waals surface area contributed by atoms with E-state index in [1.54, 1.807) is 18.3 Å². The lowest BCUT2D eigenvalue weighted by Gasteiger charge is -2.14. The van der Waals surface area contributed by atoms with Gasteiger partial charge in [-0.2, -0.15) is 0 Å². The summed E-state index contributed by atoms with van der Waals surface area (Å²) in [4.78, 5) is 24.7. The summed E-state index contributed by atoms with van der Waals surface area (Å²) in [5.74, 6) is -0.948. The Morgan fingerprint density at radius 3 is 2.44 bits per heavy atom. The van der Waals surface area contributed by atoms with Crippen LogP contribution in [0.15, 0.2) is 12.1 Å². The third-order valence-corrected chi connectivity index (χ3v) is 3.55. The molecule has 0 bridgehead atoms. The Labute approximate surface area is 98.8 Å². The summed E-state index contributed by atoms with van der Waals surface area (Å²) in [5.41, 5.74) is 5.08. The number of primary amides is 1. The maximum atomic E-state index is 11.8. The van der Waals surface area contributed by atoms with Crippen LogP contribution in [0.1, 0.15) is 29.5 Å². The molecule has 1 rings (SSSR count). The van der Waals surface area contributed by atoms with Crippen LogP contribution in [0, 0.1) is 6.92 Å². The zero-order chi connectivity index (χ0) is 12.3. The van der Waals surface area contributed by atoms with Gasteiger partial charge in [0.15, 0.2) is 0 Å². The first-order chi connectivity index (χ1) is 7.41. The summed E-state index contributed by atoms with van der Waals surface area (Å²) in [6.07, 6.45) is 0. The second-order valence-electron chi connectivity index (χ2n) is 3.80. The van der Waals surface area contributed by atoms with E-state index in [0.29, 0.717) is 0 Å². The van der Waals surface area contributed by atoms with Gasteiger partial charge in [0.1, 0.15) is 6.04 Å². The fourth-order valence-corrected chi connectivity index (χ4v) is 2.15. The molecule has 2 atom stereocenters. The molecule has 0 unspecified atom stereocenters. The molecule has 0 aromatic carbocycles. The number of nitrogens with one attached hydrogen (secondary N) is 1. The van der Waals surface area contributed by atoms with E-state index in [2.05, 4.69) is 5.32 Å². The van der Waals surface area contributed by atoms with Gasteiger partial charge in [-0.25, -0.2) is 0 Å². The molecule has 0 aliphatic heterocycles. The summed E-state index contributed by atoms with van der Waals surface area (Å²) < 4.78 is 0. The molecule has 5 heteroatoms. The molecule has 1 aromatic heterocycles. The molecule has 88 valence electrons. The number of carbonyl (C=O) groups excluding carboxylic acids is 2. The topological polar surface area (TPSA) is 72.2 Å². The summed E-state index contributed by atoms with van der Waals surface area (Å²) in [6.45, 7) is 5.38. The van der Waals surface area contributed by atoms with Gasteiger partial charge in [0, 0.05) is 9.75 Å². The van der Waals surface area contributed by atoms with Crippen LogP contribution < -0.4 is 11.1 Å². The predicted molar refractivity (Wildman–Crippen MR) is 64.3 cm³/mol. The minimum absolute atomic E-state index is 0.173. The average molecular weight is 240 g/mol. The lowest BCUT2D eigenvalue weighted by Crippen LogP contribution is -2.43. The van der Waals surface area contributed by atoms with Crippen molar-refractivity contribution in [1.29, 1.82) is 0 Å². The van der Waals surface area contributed by atoms with E-state index in [-0.39, 0.29) is 11.8 Å². The molecule has 3 N–H and O–H groups in total. The Bertz CT molecular complexity index is 400. The van der Waals surface area contributed by atoms with E-state index in [1.165, 1.54) is 0 Å². The minimum atomic E-state index is -0.629. The standard InChI is InChI=1S/C11H16N2O2S/c1-6-4-5-9(16-6)7(2)11(15)13-8(3)10(12)14/h4-5,7-8H,1-3H3,(H2,12,14)(H,13,15)/t7-,8+/m0/s1. The van der Waals surface area contributed by atoms with Crippen molar-refractivity contribution >= 4 is 23.2 Å². The smallest absolute Gasteiger partial charge is 0.239 e. The quantitative estimate of drug-likeness (QED) is 0.828. The Morgan fingerprint density at radius 2 is 2.00 bits per heavy atom. The fourth-order valence-electron chi connectivity index (χ4n) is 1.22. The van der Waals surface area contributed by atoms with Gasteiger partial charge < -0.3 is 11.1 Å². The van der Waals surface area contributed by atoms with Gasteiger partial charge in [-0.1, -0.05) is 0 Å². The van der Waals surface area contributed by atoms with Crippen molar-refractivity contribution in [2.45, 2.75) is 32.7 Å². The maximum absolute atomic E-state index is 11.8. The minimum Gasteiger partial charge on any atom is -0.368 e. The molecule has 2 amide bonds. The number of hydrogen-bond donors (Lipinski definition) is 2. The Balaban J connectivity index is 2.64. The van der Waals surface area contributed by atoms with Crippen molar-refractivity contribution in [2.75, 3.05) is 0 Å². The molecule has 0 aliphatic carbocycles. The van der Waals surface area contributed by atoms with Gasteiger partial charge in [0.25, 0.3) is 0 Å². The van der Waals surface area contributed by atoms with E-state index >= 15 is 0 Å². The van der Waals surface area contributed by atoms with Crippen molar-refractivity contribution in [2.24, 2.45) is 5.73 Å². The van der Waals surface area contributed by atoms with Crippen LogP contribution in [0.4, 0.5) is 0 Å². The summed E-state index contributed by atoms with van der Waals surface area (Å²) in [7, 11) is 0. The number of carbonyl (C=O) groups is 2. The number of hydrogen-bond acceptors (Lipinski definition) is 3. The Kier molecular flexibility index (Phi) is 4.06. The zero-order valence-corrected chi connectivity index (χ0v) is 10.4. The van der Waals surface area contributed by atoms with Crippen molar-refractivity contribution < 1.29 is 9.59 Å². The van der Waals surface area contributed by atoms with Crippen molar-refractivity contribution in [3.63, 3.8) is 0 Å². The highest BCUT2D eigenvalue weighted by molar-refractivity contribution is 7.12. The highest BCUT2D eigenvalue weighted by Crippen LogP contribution is 2.24. The second-order valence-corrected chi connectivity index (χ2v) is 5.12. The number of thiophene rings is 1. The van der Waals surface area contributed by atoms with Crippen molar-refractivity contribution in [3.05, 3.63) is 21.9 Å². The molecule has 1 aromatic rings. The zero-order valence-electron chi connectivity index (χ0n) is 9.61. The Morgan fingerprint density at radius 1 is 1.38 bits per heavy atom. The molecule has 0 saturated heterocycles. The van der Waals surface area contributed by atoms with Crippen molar-refractivity contribution in [1.82, 2.24) is 5.32 Å². The van der Waals surface area contributed by atoms with Crippen LogP contribution in [0.5, 0.6) is 0 Å². The van der Waals surface area contributed by atoms with E-state index in [0.717, 1.165) is 9.75 Å². The third-order valence-electron chi connectivity index (χ3n) is 2.37. The van der Waals surface area contributed by atoms with Gasteiger partial charge in [0.05, 0.1) is 5.92 Å². The summed E-state index contributed by atoms with van der Waals surface area (Å²) in [5, 5.41) is 2.58. The highest BCUT2D eigenvalue weighted by atomic mass is 32.1. The largest absolute Gasteiger partial charge is 0.368 e. The summed E-state index contributed by atoms with van der Waals surface area (Å²) >= 11 is 1.58. The van der Waals surface area contributed by atoms with Crippen LogP contribution in [-0.2, 0) is 9.59 Å². The first-order valence-corrected chi connectivity index (χ1v) is 5.89. The lowest BCUT2D eigenvalue weighted by molar-refractivity contribution is -0.127. The van der Waals surface area contributed by atoms with Crippen molar-refractivity contribution in [3.8, 4) is 0 Å². The molecule has 16 heavy (non-hydrogen) atoms. The molecule has 1 heterocycles. The molecular formula is C11H16N2O2S. The molecule has 0 fully saturated rings. The van der Waals surface area contributed by atoms with Gasteiger partial charge in [-0.3, -0.25) is 9.59 Å². The maximum Gasteiger partial charge on any atom is 0.239 e. The van der Waals surface area contributed by atoms with Crippen LogP contribution in [0.25, 0.3) is 0 Å². The highest BCUT2D eigenvalue weighted by Gasteiger charge is 2.20. The van der Waals surface area contributed by atoms with Crippen LogP contribution in [-0.4, -0.2) is 17.9 Å². The third kappa shape index (κ3) is 3.06. The number of rotatable bonds is 4. The van der Waals surface area contributed by atoms with Crippen LogP contribution >= 0.6 is 11.3 Å². The molecule has 4 nitrogen and oxygen atoms in total. The second kappa shape index (κ2) is 5.12. The number of nitrogens with two attached hydrogens (primary N) is 1.